The van der Waals surface area contributed by atoms with E-state index in [-0.39, 0.29) is 11.9 Å². The van der Waals surface area contributed by atoms with E-state index in [4.69, 9.17) is 0 Å². The molecule has 0 radical (unpaired) electrons. The minimum Gasteiger partial charge on any atom is -0.345 e. The molecule has 1 aliphatic heterocycles. The number of fused-ring (bicyclic) bond motifs is 1. The first kappa shape index (κ1) is 11.5. The van der Waals surface area contributed by atoms with Crippen LogP contribution in [0, 0.1) is 0 Å². The SMILES string of the molecule is O=C1N[C@@H](c2ccccc2)Cc2c(Br)cccc21. The molecule has 3 heteroatoms. The van der Waals surface area contributed by atoms with E-state index < -0.39 is 0 Å². The third-order valence-electron chi connectivity index (χ3n) is 3.28. The number of carbonyl (C=O) groups excluding carboxylic acids is 1. The number of amides is 1. The van der Waals surface area contributed by atoms with Crippen LogP contribution in [0.25, 0.3) is 0 Å². The Morgan fingerprint density at radius 2 is 1.83 bits per heavy atom. The number of rotatable bonds is 1. The summed E-state index contributed by atoms with van der Waals surface area (Å²) in [6.07, 6.45) is 0.826. The average molecular weight is 302 g/mol. The van der Waals surface area contributed by atoms with Crippen LogP contribution in [0.15, 0.2) is 53.0 Å². The van der Waals surface area contributed by atoms with E-state index in [2.05, 4.69) is 21.2 Å². The summed E-state index contributed by atoms with van der Waals surface area (Å²) in [7, 11) is 0. The van der Waals surface area contributed by atoms with Gasteiger partial charge < -0.3 is 5.32 Å². The predicted molar refractivity (Wildman–Crippen MR) is 74.5 cm³/mol. The molecule has 3 rings (SSSR count). The Hall–Kier alpha value is -1.61. The van der Waals surface area contributed by atoms with Crippen molar-refractivity contribution in [2.75, 3.05) is 0 Å². The van der Waals surface area contributed by atoms with Crippen LogP contribution in [0.3, 0.4) is 0 Å². The molecular formula is C15H12BrNO. The van der Waals surface area contributed by atoms with Gasteiger partial charge in [-0.25, -0.2) is 0 Å². The van der Waals surface area contributed by atoms with Gasteiger partial charge in [-0.15, -0.1) is 0 Å². The van der Waals surface area contributed by atoms with E-state index >= 15 is 0 Å². The van der Waals surface area contributed by atoms with Gasteiger partial charge in [0.15, 0.2) is 0 Å². The summed E-state index contributed by atoms with van der Waals surface area (Å²) in [4.78, 5) is 12.1. The Bertz CT molecular complexity index is 595. The fourth-order valence-corrected chi connectivity index (χ4v) is 2.88. The van der Waals surface area contributed by atoms with Crippen LogP contribution in [0.5, 0.6) is 0 Å². The second-order valence-electron chi connectivity index (χ2n) is 4.41. The summed E-state index contributed by atoms with van der Waals surface area (Å²) in [6, 6.07) is 15.9. The van der Waals surface area contributed by atoms with Crippen LogP contribution in [-0.2, 0) is 6.42 Å². The number of benzene rings is 2. The lowest BCUT2D eigenvalue weighted by atomic mass is 9.91. The number of nitrogens with one attached hydrogen (secondary N) is 1. The molecule has 0 aliphatic carbocycles. The number of carbonyl (C=O) groups is 1. The van der Waals surface area contributed by atoms with Gasteiger partial charge in [-0.05, 0) is 29.7 Å². The van der Waals surface area contributed by atoms with Crippen molar-refractivity contribution in [3.8, 4) is 0 Å². The molecule has 1 heterocycles. The highest BCUT2D eigenvalue weighted by atomic mass is 79.9. The third kappa shape index (κ3) is 1.95. The highest BCUT2D eigenvalue weighted by molar-refractivity contribution is 9.10. The van der Waals surface area contributed by atoms with Crippen molar-refractivity contribution in [1.82, 2.24) is 5.32 Å². The molecule has 2 aromatic carbocycles. The zero-order chi connectivity index (χ0) is 12.5. The van der Waals surface area contributed by atoms with E-state index in [1.807, 2.05) is 48.5 Å². The summed E-state index contributed by atoms with van der Waals surface area (Å²) >= 11 is 3.53. The Morgan fingerprint density at radius 1 is 1.06 bits per heavy atom. The highest BCUT2D eigenvalue weighted by Crippen LogP contribution is 2.30. The van der Waals surface area contributed by atoms with Gasteiger partial charge in [0.25, 0.3) is 5.91 Å². The van der Waals surface area contributed by atoms with Crippen molar-refractivity contribution >= 4 is 21.8 Å². The van der Waals surface area contributed by atoms with Gasteiger partial charge in [-0.3, -0.25) is 4.79 Å². The lowest BCUT2D eigenvalue weighted by molar-refractivity contribution is 0.0925. The number of halogens is 1. The molecule has 0 saturated carbocycles. The Balaban J connectivity index is 2.01. The van der Waals surface area contributed by atoms with E-state index in [0.717, 1.165) is 27.6 Å². The number of hydrogen-bond acceptors (Lipinski definition) is 1. The molecular weight excluding hydrogens is 290 g/mol. The van der Waals surface area contributed by atoms with Crippen molar-refractivity contribution in [2.24, 2.45) is 0 Å². The zero-order valence-corrected chi connectivity index (χ0v) is 11.3. The zero-order valence-electron chi connectivity index (χ0n) is 9.69. The first-order chi connectivity index (χ1) is 8.75. The van der Waals surface area contributed by atoms with Crippen LogP contribution < -0.4 is 5.32 Å². The van der Waals surface area contributed by atoms with Gasteiger partial charge >= 0.3 is 0 Å². The lowest BCUT2D eigenvalue weighted by Crippen LogP contribution is -2.35. The summed E-state index contributed by atoms with van der Waals surface area (Å²) in [5, 5.41) is 3.06. The highest BCUT2D eigenvalue weighted by Gasteiger charge is 2.26. The Morgan fingerprint density at radius 3 is 2.61 bits per heavy atom. The monoisotopic (exact) mass is 301 g/mol. The van der Waals surface area contributed by atoms with E-state index in [9.17, 15) is 4.79 Å². The molecule has 0 unspecified atom stereocenters. The van der Waals surface area contributed by atoms with Crippen LogP contribution in [0.4, 0.5) is 0 Å². The van der Waals surface area contributed by atoms with Crippen molar-refractivity contribution in [2.45, 2.75) is 12.5 Å². The standard InChI is InChI=1S/C15H12BrNO/c16-13-8-4-7-11-12(13)9-14(17-15(11)18)10-5-2-1-3-6-10/h1-8,14H,9H2,(H,17,18)/t14-/m1/s1. The first-order valence-corrected chi connectivity index (χ1v) is 6.68. The fourth-order valence-electron chi connectivity index (χ4n) is 2.36. The summed E-state index contributed by atoms with van der Waals surface area (Å²) in [5.74, 6) is 0.00593. The fraction of sp³-hybridized carbons (Fsp3) is 0.133. The lowest BCUT2D eigenvalue weighted by Gasteiger charge is -2.26. The van der Waals surface area contributed by atoms with Crippen LogP contribution in [0.2, 0.25) is 0 Å². The normalized spacial score (nSPS) is 18.1. The number of hydrogen-bond donors (Lipinski definition) is 1. The Labute approximate surface area is 114 Å². The minimum absolute atomic E-state index is 0.00593. The molecule has 1 amide bonds. The molecule has 0 saturated heterocycles. The summed E-state index contributed by atoms with van der Waals surface area (Å²) < 4.78 is 1.01. The quantitative estimate of drug-likeness (QED) is 0.858. The average Bonchev–Trinajstić information content (AvgIpc) is 2.41. The smallest absolute Gasteiger partial charge is 0.252 e. The maximum absolute atomic E-state index is 12.1. The van der Waals surface area contributed by atoms with Gasteiger partial charge in [0.1, 0.15) is 0 Å². The van der Waals surface area contributed by atoms with Crippen molar-refractivity contribution in [1.29, 1.82) is 0 Å². The van der Waals surface area contributed by atoms with Gasteiger partial charge in [-0.1, -0.05) is 52.3 Å². The maximum Gasteiger partial charge on any atom is 0.252 e. The molecule has 1 N–H and O–H groups in total. The second-order valence-corrected chi connectivity index (χ2v) is 5.26. The van der Waals surface area contributed by atoms with Crippen LogP contribution in [0.1, 0.15) is 27.5 Å². The molecule has 2 nitrogen and oxygen atoms in total. The van der Waals surface area contributed by atoms with Crippen molar-refractivity contribution in [3.63, 3.8) is 0 Å². The molecule has 0 spiro atoms. The van der Waals surface area contributed by atoms with Gasteiger partial charge in [0.2, 0.25) is 0 Å². The van der Waals surface area contributed by atoms with Crippen LogP contribution >= 0.6 is 15.9 Å². The second kappa shape index (κ2) is 4.58. The first-order valence-electron chi connectivity index (χ1n) is 5.89. The molecule has 0 bridgehead atoms. The van der Waals surface area contributed by atoms with Crippen molar-refractivity contribution in [3.05, 3.63) is 69.7 Å². The predicted octanol–water partition coefficient (Wildman–Crippen LogP) is 3.48. The summed E-state index contributed by atoms with van der Waals surface area (Å²) in [6.45, 7) is 0. The molecule has 0 aromatic heterocycles. The topological polar surface area (TPSA) is 29.1 Å². The van der Waals surface area contributed by atoms with Gasteiger partial charge in [0, 0.05) is 10.0 Å². The van der Waals surface area contributed by atoms with E-state index in [0.29, 0.717) is 0 Å². The molecule has 2 aromatic rings. The van der Waals surface area contributed by atoms with Gasteiger partial charge in [0.05, 0.1) is 6.04 Å². The van der Waals surface area contributed by atoms with Crippen molar-refractivity contribution < 1.29 is 4.79 Å². The molecule has 18 heavy (non-hydrogen) atoms. The maximum atomic E-state index is 12.1. The van der Waals surface area contributed by atoms with E-state index in [1.165, 1.54) is 0 Å². The van der Waals surface area contributed by atoms with E-state index in [1.54, 1.807) is 0 Å². The molecule has 0 fully saturated rings. The Kier molecular flexibility index (Phi) is 2.92. The van der Waals surface area contributed by atoms with Gasteiger partial charge in [-0.2, -0.15) is 0 Å². The summed E-state index contributed by atoms with van der Waals surface area (Å²) in [5.41, 5.74) is 3.01. The third-order valence-corrected chi connectivity index (χ3v) is 4.02. The molecule has 90 valence electrons. The largest absolute Gasteiger partial charge is 0.345 e. The molecule has 1 atom stereocenters. The van der Waals surface area contributed by atoms with Crippen LogP contribution in [-0.4, -0.2) is 5.91 Å². The molecule has 1 aliphatic rings. The minimum atomic E-state index is 0.00593.